The second kappa shape index (κ2) is 5.25. The molecular weight excluding hydrogens is 316 g/mol. The highest BCUT2D eigenvalue weighted by molar-refractivity contribution is 9.10. The van der Waals surface area contributed by atoms with Crippen molar-refractivity contribution in [3.05, 3.63) is 58.1 Å². The molecule has 0 fully saturated rings. The number of nitrogens with zero attached hydrogens (tertiary/aromatic N) is 3. The fourth-order valence-corrected chi connectivity index (χ4v) is 2.62. The molecule has 1 N–H and O–H groups in total. The van der Waals surface area contributed by atoms with Crippen molar-refractivity contribution in [2.45, 2.75) is 20.4 Å². The quantitative estimate of drug-likeness (QED) is 0.795. The zero-order valence-electron chi connectivity index (χ0n) is 11.4. The first-order valence-corrected chi connectivity index (χ1v) is 7.23. The van der Waals surface area contributed by atoms with Crippen molar-refractivity contribution in [3.63, 3.8) is 0 Å². The van der Waals surface area contributed by atoms with E-state index in [-0.39, 0.29) is 0 Å². The monoisotopic (exact) mass is 330 g/mol. The minimum atomic E-state index is 0.671. The van der Waals surface area contributed by atoms with Crippen LogP contribution in [0.1, 0.15) is 17.1 Å². The summed E-state index contributed by atoms with van der Waals surface area (Å²) >= 11 is 3.53. The lowest BCUT2D eigenvalue weighted by atomic mass is 10.3. The van der Waals surface area contributed by atoms with Gasteiger partial charge in [-0.05, 0) is 48.0 Å². The van der Waals surface area contributed by atoms with Gasteiger partial charge in [0, 0.05) is 27.7 Å². The maximum atomic E-state index is 4.55. The third-order valence-corrected chi connectivity index (χ3v) is 3.84. The minimum Gasteiger partial charge on any atom is -0.378 e. The van der Waals surface area contributed by atoms with Crippen LogP contribution in [0.2, 0.25) is 0 Å². The van der Waals surface area contributed by atoms with Gasteiger partial charge in [-0.2, -0.15) is 0 Å². The van der Waals surface area contributed by atoms with Crippen LogP contribution in [0, 0.1) is 13.8 Å². The van der Waals surface area contributed by atoms with Crippen molar-refractivity contribution < 1.29 is 0 Å². The number of hydrogen-bond donors (Lipinski definition) is 1. The number of hydrogen-bond acceptors (Lipinski definition) is 3. The third-order valence-electron chi connectivity index (χ3n) is 3.15. The maximum absolute atomic E-state index is 4.55. The van der Waals surface area contributed by atoms with E-state index in [0.717, 1.165) is 33.0 Å². The lowest BCUT2D eigenvalue weighted by Crippen LogP contribution is -2.00. The number of para-hydroxylation sites is 1. The van der Waals surface area contributed by atoms with Crippen molar-refractivity contribution in [1.82, 2.24) is 14.4 Å². The highest BCUT2D eigenvalue weighted by Gasteiger charge is 2.06. The molecule has 0 amide bonds. The van der Waals surface area contributed by atoms with Crippen LogP contribution in [0.4, 0.5) is 5.69 Å². The Hall–Kier alpha value is -1.88. The van der Waals surface area contributed by atoms with Gasteiger partial charge in [0.2, 0.25) is 5.78 Å². The second-order valence-corrected chi connectivity index (χ2v) is 5.63. The van der Waals surface area contributed by atoms with Gasteiger partial charge in [-0.15, -0.1) is 0 Å². The Labute approximate surface area is 126 Å². The molecule has 1 aromatic carbocycles. The van der Waals surface area contributed by atoms with Gasteiger partial charge >= 0.3 is 0 Å². The second-order valence-electron chi connectivity index (χ2n) is 4.77. The van der Waals surface area contributed by atoms with Gasteiger partial charge in [0.1, 0.15) is 0 Å². The molecular formula is C15H15BrN4. The van der Waals surface area contributed by atoms with Crippen molar-refractivity contribution in [2.24, 2.45) is 0 Å². The Morgan fingerprint density at radius 1 is 1.20 bits per heavy atom. The van der Waals surface area contributed by atoms with Gasteiger partial charge in [0.15, 0.2) is 0 Å². The van der Waals surface area contributed by atoms with Crippen LogP contribution in [0.15, 0.2) is 41.0 Å². The Kier molecular flexibility index (Phi) is 3.44. The predicted molar refractivity (Wildman–Crippen MR) is 83.9 cm³/mol. The first kappa shape index (κ1) is 13.1. The van der Waals surface area contributed by atoms with Gasteiger partial charge in [0.25, 0.3) is 0 Å². The van der Waals surface area contributed by atoms with Crippen LogP contribution >= 0.6 is 15.9 Å². The smallest absolute Gasteiger partial charge is 0.234 e. The van der Waals surface area contributed by atoms with Crippen LogP contribution in [-0.4, -0.2) is 14.4 Å². The van der Waals surface area contributed by atoms with E-state index >= 15 is 0 Å². The highest BCUT2D eigenvalue weighted by atomic mass is 79.9. The molecule has 0 saturated carbocycles. The molecule has 3 rings (SSSR count). The zero-order chi connectivity index (χ0) is 14.1. The van der Waals surface area contributed by atoms with Crippen LogP contribution in [0.3, 0.4) is 0 Å². The average molecular weight is 331 g/mol. The number of rotatable bonds is 3. The molecule has 0 aliphatic heterocycles. The summed E-state index contributed by atoms with van der Waals surface area (Å²) in [6.07, 6.45) is 2.03. The third kappa shape index (κ3) is 2.54. The van der Waals surface area contributed by atoms with E-state index in [9.17, 15) is 0 Å². The van der Waals surface area contributed by atoms with Crippen LogP contribution in [0.25, 0.3) is 5.78 Å². The summed E-state index contributed by atoms with van der Waals surface area (Å²) in [5.74, 6) is 0.756. The molecule has 5 heteroatoms. The summed E-state index contributed by atoms with van der Waals surface area (Å²) in [6.45, 7) is 4.72. The summed E-state index contributed by atoms with van der Waals surface area (Å²) < 4.78 is 3.07. The normalized spacial score (nSPS) is 10.9. The van der Waals surface area contributed by atoms with Gasteiger partial charge in [-0.3, -0.25) is 4.40 Å². The SMILES string of the molecule is Cc1cc(C)n2cc(CNc3ccccc3Br)nc2n1. The van der Waals surface area contributed by atoms with E-state index in [0.29, 0.717) is 6.54 Å². The Morgan fingerprint density at radius 2 is 2.00 bits per heavy atom. The Bertz CT molecular complexity index is 764. The Morgan fingerprint density at radius 3 is 2.80 bits per heavy atom. The molecule has 0 aliphatic carbocycles. The van der Waals surface area contributed by atoms with Gasteiger partial charge < -0.3 is 5.32 Å². The number of benzene rings is 1. The number of imidazole rings is 1. The molecule has 0 unspecified atom stereocenters. The van der Waals surface area contributed by atoms with Crippen LogP contribution in [-0.2, 0) is 6.54 Å². The molecule has 20 heavy (non-hydrogen) atoms. The highest BCUT2D eigenvalue weighted by Crippen LogP contribution is 2.21. The van der Waals surface area contributed by atoms with E-state index in [1.54, 1.807) is 0 Å². The number of anilines is 1. The first-order chi connectivity index (χ1) is 9.63. The lowest BCUT2D eigenvalue weighted by Gasteiger charge is -2.05. The molecule has 4 nitrogen and oxygen atoms in total. The molecule has 0 spiro atoms. The van der Waals surface area contributed by atoms with Gasteiger partial charge in [-0.25, -0.2) is 9.97 Å². The summed E-state index contributed by atoms with van der Waals surface area (Å²) in [4.78, 5) is 9.00. The molecule has 3 aromatic rings. The molecule has 0 saturated heterocycles. The van der Waals surface area contributed by atoms with Crippen molar-refractivity contribution in [1.29, 1.82) is 0 Å². The van der Waals surface area contributed by atoms with E-state index in [2.05, 4.69) is 44.2 Å². The van der Waals surface area contributed by atoms with E-state index in [1.165, 1.54) is 0 Å². The summed E-state index contributed by atoms with van der Waals surface area (Å²) in [7, 11) is 0. The lowest BCUT2D eigenvalue weighted by molar-refractivity contribution is 1.01. The Balaban J connectivity index is 1.85. The standard InChI is InChI=1S/C15H15BrN4/c1-10-7-11(2)20-9-12(19-15(20)18-10)8-17-14-6-4-3-5-13(14)16/h3-7,9,17H,8H2,1-2H3. The van der Waals surface area contributed by atoms with E-state index in [1.807, 2.05) is 41.8 Å². The first-order valence-electron chi connectivity index (χ1n) is 6.44. The number of fused-ring (bicyclic) bond motifs is 1. The predicted octanol–water partition coefficient (Wildman–Crippen LogP) is 3.72. The fourth-order valence-electron chi connectivity index (χ4n) is 2.19. The van der Waals surface area contributed by atoms with Gasteiger partial charge in [-0.1, -0.05) is 12.1 Å². The number of aryl methyl sites for hydroxylation is 2. The van der Waals surface area contributed by atoms with Gasteiger partial charge in [0.05, 0.1) is 12.2 Å². The number of halogens is 1. The summed E-state index contributed by atoms with van der Waals surface area (Å²) in [5, 5.41) is 3.37. The largest absolute Gasteiger partial charge is 0.378 e. The van der Waals surface area contributed by atoms with Crippen molar-refractivity contribution in [3.8, 4) is 0 Å². The molecule has 102 valence electrons. The molecule has 2 aromatic heterocycles. The average Bonchev–Trinajstić information content (AvgIpc) is 2.81. The number of nitrogens with one attached hydrogen (secondary N) is 1. The topological polar surface area (TPSA) is 42.2 Å². The maximum Gasteiger partial charge on any atom is 0.234 e. The van der Waals surface area contributed by atoms with E-state index < -0.39 is 0 Å². The molecule has 0 atom stereocenters. The fraction of sp³-hybridized carbons (Fsp3) is 0.200. The van der Waals surface area contributed by atoms with E-state index in [4.69, 9.17) is 0 Å². The molecule has 0 bridgehead atoms. The summed E-state index contributed by atoms with van der Waals surface area (Å²) in [5.41, 5.74) is 4.17. The summed E-state index contributed by atoms with van der Waals surface area (Å²) in [6, 6.07) is 10.1. The molecule has 0 radical (unpaired) electrons. The van der Waals surface area contributed by atoms with Crippen LogP contribution < -0.4 is 5.32 Å². The molecule has 0 aliphatic rings. The minimum absolute atomic E-state index is 0.671. The zero-order valence-corrected chi connectivity index (χ0v) is 13.0. The van der Waals surface area contributed by atoms with Crippen molar-refractivity contribution >= 4 is 27.4 Å². The van der Waals surface area contributed by atoms with Crippen LogP contribution in [0.5, 0.6) is 0 Å². The van der Waals surface area contributed by atoms with Crippen molar-refractivity contribution in [2.75, 3.05) is 5.32 Å². The molecule has 2 heterocycles. The number of aromatic nitrogens is 3.